The van der Waals surface area contributed by atoms with Crippen molar-refractivity contribution < 1.29 is 0 Å². The van der Waals surface area contributed by atoms with Crippen molar-refractivity contribution >= 4 is 0 Å². The molecular weight excluding hydrogens is 158 g/mol. The minimum absolute atomic E-state index is 0.761. The summed E-state index contributed by atoms with van der Waals surface area (Å²) in [5.74, 6) is 0.995. The maximum atomic E-state index is 3.60. The highest BCUT2D eigenvalue weighted by Gasteiger charge is 2.49. The first kappa shape index (κ1) is 9.51. The molecule has 0 aromatic heterocycles. The minimum atomic E-state index is 0.761. The number of hydrogen-bond donors (Lipinski definition) is 1. The molecule has 1 nitrogen and oxygen atoms in total. The van der Waals surface area contributed by atoms with E-state index in [1.54, 1.807) is 0 Å². The van der Waals surface area contributed by atoms with Crippen LogP contribution in [0.4, 0.5) is 0 Å². The highest BCUT2D eigenvalue weighted by Crippen LogP contribution is 2.58. The molecule has 1 spiro atoms. The third kappa shape index (κ3) is 1.52. The van der Waals surface area contributed by atoms with Gasteiger partial charge in [0.15, 0.2) is 0 Å². The first-order valence-electron chi connectivity index (χ1n) is 6.02. The Bertz CT molecular complexity index is 170. The van der Waals surface area contributed by atoms with Crippen LogP contribution < -0.4 is 5.32 Å². The van der Waals surface area contributed by atoms with E-state index in [0.717, 1.165) is 23.9 Å². The van der Waals surface area contributed by atoms with Gasteiger partial charge in [0.25, 0.3) is 0 Å². The Morgan fingerprint density at radius 2 is 2.00 bits per heavy atom. The number of rotatable bonds is 3. The normalized spacial score (nSPS) is 33.2. The summed E-state index contributed by atoms with van der Waals surface area (Å²) in [5.41, 5.74) is 0.793. The Morgan fingerprint density at radius 1 is 1.31 bits per heavy atom. The topological polar surface area (TPSA) is 12.0 Å². The molecule has 0 amide bonds. The summed E-state index contributed by atoms with van der Waals surface area (Å²) in [6, 6.07) is 0.761. The number of nitrogens with one attached hydrogen (secondary N) is 1. The van der Waals surface area contributed by atoms with Gasteiger partial charge in [-0.1, -0.05) is 19.8 Å². The molecule has 2 aliphatic rings. The van der Waals surface area contributed by atoms with Crippen LogP contribution in [0, 0.1) is 11.3 Å². The molecule has 2 atom stereocenters. The van der Waals surface area contributed by atoms with Crippen molar-refractivity contribution in [1.29, 1.82) is 0 Å². The highest BCUT2D eigenvalue weighted by molar-refractivity contribution is 5.01. The quantitative estimate of drug-likeness (QED) is 0.706. The fourth-order valence-corrected chi connectivity index (χ4v) is 3.66. The molecule has 0 bridgehead atoms. The molecule has 2 fully saturated rings. The molecule has 0 saturated heterocycles. The van der Waals surface area contributed by atoms with Gasteiger partial charge in [0.05, 0.1) is 0 Å². The zero-order valence-corrected chi connectivity index (χ0v) is 9.10. The molecule has 76 valence electrons. The number of hydrogen-bond acceptors (Lipinski definition) is 1. The van der Waals surface area contributed by atoms with Gasteiger partial charge in [-0.25, -0.2) is 0 Å². The fourth-order valence-electron chi connectivity index (χ4n) is 3.66. The second-order valence-corrected chi connectivity index (χ2v) is 5.06. The van der Waals surface area contributed by atoms with Crippen LogP contribution in [0.2, 0.25) is 0 Å². The van der Waals surface area contributed by atoms with Crippen molar-refractivity contribution in [3.8, 4) is 0 Å². The molecule has 1 heteroatoms. The Morgan fingerprint density at radius 3 is 2.46 bits per heavy atom. The van der Waals surface area contributed by atoms with E-state index in [-0.39, 0.29) is 0 Å². The van der Waals surface area contributed by atoms with Crippen LogP contribution in [0.25, 0.3) is 0 Å². The van der Waals surface area contributed by atoms with Crippen LogP contribution in [0.5, 0.6) is 0 Å². The van der Waals surface area contributed by atoms with Crippen LogP contribution in [-0.4, -0.2) is 12.6 Å². The zero-order chi connectivity index (χ0) is 9.31. The van der Waals surface area contributed by atoms with Gasteiger partial charge in [-0.05, 0) is 50.5 Å². The molecule has 0 heterocycles. The van der Waals surface area contributed by atoms with E-state index in [1.165, 1.54) is 38.5 Å². The second-order valence-electron chi connectivity index (χ2n) is 5.06. The van der Waals surface area contributed by atoms with Gasteiger partial charge in [0.2, 0.25) is 0 Å². The van der Waals surface area contributed by atoms with Crippen LogP contribution in [0.15, 0.2) is 0 Å². The van der Waals surface area contributed by atoms with Crippen LogP contribution in [0.1, 0.15) is 52.4 Å². The standard InChI is InChI=1S/C12H23N/c1-3-13-10(2)11-6-9-12(11)7-4-5-8-12/h10-11,13H,3-9H2,1-2H3. The summed E-state index contributed by atoms with van der Waals surface area (Å²) in [7, 11) is 0. The molecule has 2 rings (SSSR count). The maximum absolute atomic E-state index is 3.60. The summed E-state index contributed by atoms with van der Waals surface area (Å²) in [6.45, 7) is 5.73. The fraction of sp³-hybridized carbons (Fsp3) is 1.00. The summed E-state index contributed by atoms with van der Waals surface area (Å²) < 4.78 is 0. The van der Waals surface area contributed by atoms with Crippen molar-refractivity contribution in [3.63, 3.8) is 0 Å². The average Bonchev–Trinajstić information content (AvgIpc) is 2.52. The summed E-state index contributed by atoms with van der Waals surface area (Å²) in [6.07, 6.45) is 9.03. The predicted octanol–water partition coefficient (Wildman–Crippen LogP) is 2.95. The lowest BCUT2D eigenvalue weighted by atomic mass is 9.56. The Balaban J connectivity index is 1.93. The van der Waals surface area contributed by atoms with Crippen molar-refractivity contribution in [2.45, 2.75) is 58.4 Å². The van der Waals surface area contributed by atoms with Crippen molar-refractivity contribution in [1.82, 2.24) is 5.32 Å². The monoisotopic (exact) mass is 181 g/mol. The lowest BCUT2D eigenvalue weighted by molar-refractivity contribution is 0.0124. The molecule has 2 aliphatic carbocycles. The molecule has 1 N–H and O–H groups in total. The van der Waals surface area contributed by atoms with Gasteiger partial charge in [0.1, 0.15) is 0 Å². The minimum Gasteiger partial charge on any atom is -0.314 e. The predicted molar refractivity (Wildman–Crippen MR) is 56.8 cm³/mol. The van der Waals surface area contributed by atoms with E-state index in [0.29, 0.717) is 0 Å². The van der Waals surface area contributed by atoms with Gasteiger partial charge < -0.3 is 5.32 Å². The largest absolute Gasteiger partial charge is 0.314 e. The van der Waals surface area contributed by atoms with Gasteiger partial charge in [-0.2, -0.15) is 0 Å². The van der Waals surface area contributed by atoms with E-state index in [1.807, 2.05) is 0 Å². The van der Waals surface area contributed by atoms with E-state index in [2.05, 4.69) is 19.2 Å². The third-order valence-corrected chi connectivity index (χ3v) is 4.47. The van der Waals surface area contributed by atoms with Crippen molar-refractivity contribution in [2.75, 3.05) is 6.54 Å². The van der Waals surface area contributed by atoms with Crippen LogP contribution >= 0.6 is 0 Å². The molecule has 2 unspecified atom stereocenters. The van der Waals surface area contributed by atoms with E-state index < -0.39 is 0 Å². The summed E-state index contributed by atoms with van der Waals surface area (Å²) in [5, 5.41) is 3.60. The van der Waals surface area contributed by atoms with Gasteiger partial charge in [0, 0.05) is 6.04 Å². The lowest BCUT2D eigenvalue weighted by Crippen LogP contribution is -2.49. The van der Waals surface area contributed by atoms with E-state index in [9.17, 15) is 0 Å². The zero-order valence-electron chi connectivity index (χ0n) is 9.10. The molecule has 0 aromatic rings. The van der Waals surface area contributed by atoms with Crippen LogP contribution in [0.3, 0.4) is 0 Å². The Hall–Kier alpha value is -0.0400. The molecular formula is C12H23N. The van der Waals surface area contributed by atoms with Crippen LogP contribution in [-0.2, 0) is 0 Å². The molecule has 0 radical (unpaired) electrons. The molecule has 0 aromatic carbocycles. The Kier molecular flexibility index (Phi) is 2.64. The van der Waals surface area contributed by atoms with E-state index >= 15 is 0 Å². The lowest BCUT2D eigenvalue weighted by Gasteiger charge is -2.50. The molecule has 0 aliphatic heterocycles. The highest BCUT2D eigenvalue weighted by atomic mass is 14.9. The Labute approximate surface area is 82.3 Å². The first-order chi connectivity index (χ1) is 6.28. The molecule has 2 saturated carbocycles. The maximum Gasteiger partial charge on any atom is 0.00721 e. The summed E-state index contributed by atoms with van der Waals surface area (Å²) >= 11 is 0. The smallest absolute Gasteiger partial charge is 0.00721 e. The van der Waals surface area contributed by atoms with Gasteiger partial charge in [-0.15, -0.1) is 0 Å². The van der Waals surface area contributed by atoms with Crippen molar-refractivity contribution in [3.05, 3.63) is 0 Å². The summed E-state index contributed by atoms with van der Waals surface area (Å²) in [4.78, 5) is 0. The van der Waals surface area contributed by atoms with E-state index in [4.69, 9.17) is 0 Å². The first-order valence-corrected chi connectivity index (χ1v) is 6.02. The second kappa shape index (κ2) is 3.61. The third-order valence-electron chi connectivity index (χ3n) is 4.47. The average molecular weight is 181 g/mol. The van der Waals surface area contributed by atoms with Gasteiger partial charge >= 0.3 is 0 Å². The SMILES string of the molecule is CCNC(C)C1CCC12CCCC2. The van der Waals surface area contributed by atoms with Gasteiger partial charge in [-0.3, -0.25) is 0 Å². The molecule has 13 heavy (non-hydrogen) atoms. The van der Waals surface area contributed by atoms with Crippen molar-refractivity contribution in [2.24, 2.45) is 11.3 Å².